The SMILES string of the molecule is Cc1nn2c(nnc3c(=O)n(CC4CCCO4)cnc32)c1-c1ccc(F)cc1. The molecule has 4 heterocycles. The second-order valence-electron chi connectivity index (χ2n) is 6.91. The average molecular weight is 380 g/mol. The number of rotatable bonds is 3. The molecule has 5 rings (SSSR count). The zero-order valence-corrected chi connectivity index (χ0v) is 15.2. The van der Waals surface area contributed by atoms with E-state index in [9.17, 15) is 9.18 Å². The van der Waals surface area contributed by atoms with Gasteiger partial charge in [-0.3, -0.25) is 9.36 Å². The second-order valence-corrected chi connectivity index (χ2v) is 6.91. The highest BCUT2D eigenvalue weighted by Crippen LogP contribution is 2.27. The summed E-state index contributed by atoms with van der Waals surface area (Å²) in [6.07, 6.45) is 3.45. The van der Waals surface area contributed by atoms with Crippen molar-refractivity contribution in [2.75, 3.05) is 6.61 Å². The van der Waals surface area contributed by atoms with Gasteiger partial charge in [0.05, 0.1) is 23.9 Å². The summed E-state index contributed by atoms with van der Waals surface area (Å²) >= 11 is 0. The highest BCUT2D eigenvalue weighted by atomic mass is 19.1. The van der Waals surface area contributed by atoms with Gasteiger partial charge in [-0.1, -0.05) is 12.1 Å². The first-order valence-electron chi connectivity index (χ1n) is 9.10. The van der Waals surface area contributed by atoms with E-state index in [1.54, 1.807) is 12.1 Å². The van der Waals surface area contributed by atoms with E-state index >= 15 is 0 Å². The molecule has 1 aliphatic rings. The largest absolute Gasteiger partial charge is 0.376 e. The number of halogens is 1. The van der Waals surface area contributed by atoms with Gasteiger partial charge >= 0.3 is 0 Å². The summed E-state index contributed by atoms with van der Waals surface area (Å²) in [6, 6.07) is 6.10. The van der Waals surface area contributed by atoms with E-state index in [0.29, 0.717) is 23.5 Å². The number of ether oxygens (including phenoxy) is 1. The van der Waals surface area contributed by atoms with Gasteiger partial charge in [-0.05, 0) is 37.5 Å². The molecule has 1 fully saturated rings. The molecule has 1 unspecified atom stereocenters. The molecule has 4 aromatic rings. The molecule has 1 aliphatic heterocycles. The summed E-state index contributed by atoms with van der Waals surface area (Å²) in [5.74, 6) is -0.317. The van der Waals surface area contributed by atoms with Crippen LogP contribution in [0.1, 0.15) is 18.5 Å². The smallest absolute Gasteiger partial charge is 0.283 e. The molecule has 9 heteroatoms. The van der Waals surface area contributed by atoms with Gasteiger partial charge in [0.25, 0.3) is 5.56 Å². The van der Waals surface area contributed by atoms with Gasteiger partial charge in [0.1, 0.15) is 12.1 Å². The van der Waals surface area contributed by atoms with Crippen LogP contribution in [0.4, 0.5) is 4.39 Å². The molecule has 0 N–H and O–H groups in total. The number of fused-ring (bicyclic) bond motifs is 3. The fourth-order valence-electron chi connectivity index (χ4n) is 3.66. The highest BCUT2D eigenvalue weighted by molar-refractivity contribution is 5.83. The molecular formula is C19H17FN6O2. The van der Waals surface area contributed by atoms with Crippen LogP contribution in [0.3, 0.4) is 0 Å². The summed E-state index contributed by atoms with van der Waals surface area (Å²) in [4.78, 5) is 17.3. The van der Waals surface area contributed by atoms with Crippen molar-refractivity contribution >= 4 is 16.8 Å². The van der Waals surface area contributed by atoms with Crippen LogP contribution < -0.4 is 5.56 Å². The van der Waals surface area contributed by atoms with Crippen molar-refractivity contribution in [3.8, 4) is 11.1 Å². The lowest BCUT2D eigenvalue weighted by atomic mass is 10.1. The van der Waals surface area contributed by atoms with E-state index in [2.05, 4.69) is 20.3 Å². The molecule has 8 nitrogen and oxygen atoms in total. The Balaban J connectivity index is 1.66. The number of nitrogens with zero attached hydrogens (tertiary/aromatic N) is 6. The van der Waals surface area contributed by atoms with Crippen LogP contribution in [0.25, 0.3) is 27.9 Å². The zero-order valence-electron chi connectivity index (χ0n) is 15.2. The lowest BCUT2D eigenvalue weighted by Crippen LogP contribution is -2.28. The number of aryl methyl sites for hydroxylation is 1. The van der Waals surface area contributed by atoms with Gasteiger partial charge in [-0.25, -0.2) is 9.37 Å². The molecule has 0 spiro atoms. The summed E-state index contributed by atoms with van der Waals surface area (Å²) in [6.45, 7) is 3.00. The first-order chi connectivity index (χ1) is 13.6. The summed E-state index contributed by atoms with van der Waals surface area (Å²) in [7, 11) is 0. The summed E-state index contributed by atoms with van der Waals surface area (Å²) in [5.41, 5.74) is 2.90. The van der Waals surface area contributed by atoms with E-state index in [1.807, 2.05) is 6.92 Å². The number of hydrogen-bond acceptors (Lipinski definition) is 6. The fraction of sp³-hybridized carbons (Fsp3) is 0.316. The van der Waals surface area contributed by atoms with Crippen LogP contribution >= 0.6 is 0 Å². The molecular weight excluding hydrogens is 363 g/mol. The Morgan fingerprint density at radius 1 is 1.21 bits per heavy atom. The zero-order chi connectivity index (χ0) is 19.3. The normalized spacial score (nSPS) is 17.0. The third-order valence-corrected chi connectivity index (χ3v) is 5.03. The molecule has 1 atom stereocenters. The maximum Gasteiger partial charge on any atom is 0.283 e. The molecule has 0 radical (unpaired) electrons. The molecule has 0 amide bonds. The minimum absolute atomic E-state index is 0.0191. The van der Waals surface area contributed by atoms with Crippen molar-refractivity contribution in [3.05, 3.63) is 52.5 Å². The van der Waals surface area contributed by atoms with Gasteiger partial charge in [0, 0.05) is 6.61 Å². The highest BCUT2D eigenvalue weighted by Gasteiger charge is 2.20. The van der Waals surface area contributed by atoms with Crippen molar-refractivity contribution in [2.24, 2.45) is 0 Å². The Hall–Kier alpha value is -3.20. The Bertz CT molecular complexity index is 1240. The van der Waals surface area contributed by atoms with Crippen molar-refractivity contribution in [1.82, 2.24) is 29.4 Å². The fourth-order valence-corrected chi connectivity index (χ4v) is 3.66. The number of aromatic nitrogens is 6. The van der Waals surface area contributed by atoms with Crippen molar-refractivity contribution in [3.63, 3.8) is 0 Å². The molecule has 0 bridgehead atoms. The average Bonchev–Trinajstić information content (AvgIpc) is 3.32. The summed E-state index contributed by atoms with van der Waals surface area (Å²) in [5, 5.41) is 12.9. The van der Waals surface area contributed by atoms with Crippen LogP contribution in [-0.4, -0.2) is 42.1 Å². The van der Waals surface area contributed by atoms with Gasteiger partial charge < -0.3 is 4.74 Å². The topological polar surface area (TPSA) is 87.2 Å². The van der Waals surface area contributed by atoms with E-state index in [-0.39, 0.29) is 23.0 Å². The first-order valence-corrected chi connectivity index (χ1v) is 9.10. The van der Waals surface area contributed by atoms with Gasteiger partial charge in [0.2, 0.25) is 0 Å². The van der Waals surface area contributed by atoms with Crippen LogP contribution in [-0.2, 0) is 11.3 Å². The van der Waals surface area contributed by atoms with Crippen LogP contribution in [0, 0.1) is 12.7 Å². The molecule has 3 aromatic heterocycles. The molecule has 1 aromatic carbocycles. The third kappa shape index (κ3) is 2.66. The third-order valence-electron chi connectivity index (χ3n) is 5.03. The minimum atomic E-state index is -0.317. The van der Waals surface area contributed by atoms with E-state index in [4.69, 9.17) is 4.74 Å². The van der Waals surface area contributed by atoms with Crippen LogP contribution in [0.15, 0.2) is 35.4 Å². The Labute approximate surface area is 158 Å². The number of hydrogen-bond donors (Lipinski definition) is 0. The van der Waals surface area contributed by atoms with Crippen LogP contribution in [0.2, 0.25) is 0 Å². The Kier molecular flexibility index (Phi) is 3.90. The molecule has 1 saturated heterocycles. The van der Waals surface area contributed by atoms with Gasteiger partial charge in [-0.2, -0.15) is 9.61 Å². The first kappa shape index (κ1) is 16.9. The van der Waals surface area contributed by atoms with Crippen LogP contribution in [0.5, 0.6) is 0 Å². The van der Waals surface area contributed by atoms with Crippen molar-refractivity contribution < 1.29 is 9.13 Å². The van der Waals surface area contributed by atoms with E-state index in [0.717, 1.165) is 30.6 Å². The molecule has 142 valence electrons. The predicted octanol–water partition coefficient (Wildman–Crippen LogP) is 2.13. The van der Waals surface area contributed by atoms with E-state index in [1.165, 1.54) is 27.5 Å². The van der Waals surface area contributed by atoms with Gasteiger partial charge in [-0.15, -0.1) is 10.2 Å². The maximum absolute atomic E-state index is 13.3. The quantitative estimate of drug-likeness (QED) is 0.541. The Morgan fingerprint density at radius 3 is 2.79 bits per heavy atom. The lowest BCUT2D eigenvalue weighted by molar-refractivity contribution is 0.0960. The lowest BCUT2D eigenvalue weighted by Gasteiger charge is -2.11. The minimum Gasteiger partial charge on any atom is -0.376 e. The molecule has 0 saturated carbocycles. The monoisotopic (exact) mass is 380 g/mol. The van der Waals surface area contributed by atoms with E-state index < -0.39 is 0 Å². The van der Waals surface area contributed by atoms with Crippen molar-refractivity contribution in [1.29, 1.82) is 0 Å². The Morgan fingerprint density at radius 2 is 2.04 bits per heavy atom. The van der Waals surface area contributed by atoms with Crippen molar-refractivity contribution in [2.45, 2.75) is 32.4 Å². The van der Waals surface area contributed by atoms with Gasteiger partial charge in [0.15, 0.2) is 16.8 Å². The second kappa shape index (κ2) is 6.45. The predicted molar refractivity (Wildman–Crippen MR) is 99.4 cm³/mol. The molecule has 0 aliphatic carbocycles. The molecule has 28 heavy (non-hydrogen) atoms. The standard InChI is InChI=1S/C19H17FN6O2/c1-11-15(12-4-6-13(20)7-5-12)17-23-22-16-18(26(17)24-11)21-10-25(19(16)27)9-14-3-2-8-28-14/h4-7,10,14H,2-3,8-9H2,1H3. The maximum atomic E-state index is 13.3. The summed E-state index contributed by atoms with van der Waals surface area (Å²) < 4.78 is 21.9. The number of benzene rings is 1.